The molecule has 2 heteroatoms. The van der Waals surface area contributed by atoms with E-state index in [1.54, 1.807) is 6.08 Å². The molecule has 0 rings (SSSR count). The van der Waals surface area contributed by atoms with Gasteiger partial charge in [-0.05, 0) is 6.42 Å². The Labute approximate surface area is 60.9 Å². The highest BCUT2D eigenvalue weighted by Gasteiger charge is 2.11. The highest BCUT2D eigenvalue weighted by Crippen LogP contribution is 2.13. The minimum absolute atomic E-state index is 0.0856. The molecule has 0 amide bonds. The largest absolute Gasteiger partial charge is 0.478 e. The topological polar surface area (TPSA) is 37.3 Å². The van der Waals surface area contributed by atoms with E-state index in [0.717, 1.165) is 6.42 Å². The van der Waals surface area contributed by atoms with Crippen LogP contribution in [0.1, 0.15) is 13.3 Å². The zero-order valence-corrected chi connectivity index (χ0v) is 6.13. The molecule has 0 aliphatic heterocycles. The summed E-state index contributed by atoms with van der Waals surface area (Å²) >= 11 is 0. The number of aliphatic carboxylic acids is 1. The summed E-state index contributed by atoms with van der Waals surface area (Å²) in [6, 6.07) is 0. The van der Waals surface area contributed by atoms with Crippen LogP contribution in [0.4, 0.5) is 0 Å². The molecule has 0 saturated carbocycles. The molecule has 0 aromatic heterocycles. The van der Waals surface area contributed by atoms with Crippen LogP contribution in [-0.2, 0) is 4.79 Å². The predicted molar refractivity (Wildman–Crippen MR) is 40.8 cm³/mol. The van der Waals surface area contributed by atoms with Gasteiger partial charge in [0.25, 0.3) is 0 Å². The Balaban J connectivity index is 4.15. The summed E-state index contributed by atoms with van der Waals surface area (Å²) in [5.41, 5.74) is 0.220. The molecule has 0 bridgehead atoms. The summed E-state index contributed by atoms with van der Waals surface area (Å²) in [6.07, 6.45) is 2.35. The van der Waals surface area contributed by atoms with Gasteiger partial charge in [0.2, 0.25) is 0 Å². The quantitative estimate of drug-likeness (QED) is 0.478. The van der Waals surface area contributed by atoms with E-state index in [1.165, 1.54) is 0 Å². The Bertz CT molecular complexity index is 159. The minimum atomic E-state index is -0.938. The summed E-state index contributed by atoms with van der Waals surface area (Å²) in [7, 11) is 0. The van der Waals surface area contributed by atoms with Crippen molar-refractivity contribution < 1.29 is 9.90 Å². The molecule has 2 nitrogen and oxygen atoms in total. The van der Waals surface area contributed by atoms with E-state index in [2.05, 4.69) is 13.2 Å². The molecule has 56 valence electrons. The first-order valence-corrected chi connectivity index (χ1v) is 3.18. The number of carboxylic acids is 1. The zero-order valence-electron chi connectivity index (χ0n) is 6.13. The van der Waals surface area contributed by atoms with E-state index >= 15 is 0 Å². The summed E-state index contributed by atoms with van der Waals surface area (Å²) < 4.78 is 0. The molecular weight excluding hydrogens is 128 g/mol. The first kappa shape index (κ1) is 8.95. The number of rotatable bonds is 4. The average Bonchev–Trinajstić information content (AvgIpc) is 1.90. The predicted octanol–water partition coefficient (Wildman–Crippen LogP) is 1.84. The van der Waals surface area contributed by atoms with Crippen LogP contribution in [-0.4, -0.2) is 11.1 Å². The molecule has 0 aliphatic rings. The standard InChI is InChI=1S/C8H12O2/c1-4-7(5-2)6(3)8(9)10/h4,7H,1,3,5H2,2H3,(H,9,10). The molecule has 1 unspecified atom stereocenters. The van der Waals surface area contributed by atoms with Gasteiger partial charge < -0.3 is 5.11 Å². The van der Waals surface area contributed by atoms with Gasteiger partial charge in [0.05, 0.1) is 0 Å². The fourth-order valence-electron chi connectivity index (χ4n) is 0.714. The SMILES string of the molecule is C=CC(CC)C(=C)C(=O)O. The number of carbonyl (C=O) groups is 1. The lowest BCUT2D eigenvalue weighted by Gasteiger charge is -2.07. The van der Waals surface area contributed by atoms with Crippen molar-refractivity contribution in [2.24, 2.45) is 5.92 Å². The summed E-state index contributed by atoms with van der Waals surface area (Å²) in [6.45, 7) is 8.84. The van der Waals surface area contributed by atoms with Crippen LogP contribution >= 0.6 is 0 Å². The van der Waals surface area contributed by atoms with Crippen molar-refractivity contribution in [2.75, 3.05) is 0 Å². The Hall–Kier alpha value is -1.05. The third kappa shape index (κ3) is 2.05. The van der Waals surface area contributed by atoms with Crippen LogP contribution in [0.2, 0.25) is 0 Å². The highest BCUT2D eigenvalue weighted by atomic mass is 16.4. The molecular formula is C8H12O2. The normalized spacial score (nSPS) is 12.1. The minimum Gasteiger partial charge on any atom is -0.478 e. The van der Waals surface area contributed by atoms with E-state index in [1.807, 2.05) is 6.92 Å². The maximum Gasteiger partial charge on any atom is 0.331 e. The van der Waals surface area contributed by atoms with E-state index in [4.69, 9.17) is 5.11 Å². The lowest BCUT2D eigenvalue weighted by Crippen LogP contribution is -2.08. The molecule has 0 aromatic carbocycles. The maximum atomic E-state index is 10.3. The van der Waals surface area contributed by atoms with Gasteiger partial charge in [0.15, 0.2) is 0 Å². The highest BCUT2D eigenvalue weighted by molar-refractivity contribution is 5.86. The van der Waals surface area contributed by atoms with Crippen molar-refractivity contribution in [1.29, 1.82) is 0 Å². The third-order valence-corrected chi connectivity index (χ3v) is 1.45. The lowest BCUT2D eigenvalue weighted by molar-refractivity contribution is -0.133. The Kier molecular flexibility index (Phi) is 3.47. The van der Waals surface area contributed by atoms with Gasteiger partial charge in [-0.1, -0.05) is 19.6 Å². The second-order valence-electron chi connectivity index (χ2n) is 2.08. The molecule has 0 heterocycles. The Morgan fingerprint density at radius 3 is 2.40 bits per heavy atom. The molecule has 0 spiro atoms. The molecule has 0 saturated heterocycles. The average molecular weight is 140 g/mol. The van der Waals surface area contributed by atoms with Gasteiger partial charge in [-0.2, -0.15) is 0 Å². The van der Waals surface area contributed by atoms with E-state index in [0.29, 0.717) is 0 Å². The van der Waals surface area contributed by atoms with E-state index in [9.17, 15) is 4.79 Å². The molecule has 1 atom stereocenters. The smallest absolute Gasteiger partial charge is 0.331 e. The molecule has 0 radical (unpaired) electrons. The Morgan fingerprint density at radius 1 is 1.80 bits per heavy atom. The van der Waals surface area contributed by atoms with Crippen LogP contribution in [0.25, 0.3) is 0 Å². The van der Waals surface area contributed by atoms with Crippen LogP contribution < -0.4 is 0 Å². The van der Waals surface area contributed by atoms with Crippen molar-refractivity contribution in [3.63, 3.8) is 0 Å². The third-order valence-electron chi connectivity index (χ3n) is 1.45. The van der Waals surface area contributed by atoms with Crippen molar-refractivity contribution >= 4 is 5.97 Å². The van der Waals surface area contributed by atoms with Crippen molar-refractivity contribution in [2.45, 2.75) is 13.3 Å². The molecule has 0 fully saturated rings. The first-order chi connectivity index (χ1) is 4.63. The summed E-state index contributed by atoms with van der Waals surface area (Å²) in [5.74, 6) is -1.02. The van der Waals surface area contributed by atoms with Gasteiger partial charge in [-0.25, -0.2) is 4.79 Å². The summed E-state index contributed by atoms with van der Waals surface area (Å²) in [4.78, 5) is 10.3. The van der Waals surface area contributed by atoms with Crippen molar-refractivity contribution in [3.05, 3.63) is 24.8 Å². The molecule has 0 aromatic rings. The number of hydrogen-bond donors (Lipinski definition) is 1. The molecule has 10 heavy (non-hydrogen) atoms. The summed E-state index contributed by atoms with van der Waals surface area (Å²) in [5, 5.41) is 8.47. The number of hydrogen-bond acceptors (Lipinski definition) is 1. The molecule has 0 aliphatic carbocycles. The van der Waals surface area contributed by atoms with Gasteiger partial charge in [-0.15, -0.1) is 6.58 Å². The fraction of sp³-hybridized carbons (Fsp3) is 0.375. The van der Waals surface area contributed by atoms with Crippen molar-refractivity contribution in [1.82, 2.24) is 0 Å². The monoisotopic (exact) mass is 140 g/mol. The fourth-order valence-corrected chi connectivity index (χ4v) is 0.714. The number of carboxylic acid groups (broad SMARTS) is 1. The van der Waals surface area contributed by atoms with Gasteiger partial charge in [-0.3, -0.25) is 0 Å². The molecule has 1 N–H and O–H groups in total. The van der Waals surface area contributed by atoms with Crippen LogP contribution in [0, 0.1) is 5.92 Å². The van der Waals surface area contributed by atoms with Gasteiger partial charge in [0, 0.05) is 11.5 Å². The van der Waals surface area contributed by atoms with E-state index < -0.39 is 5.97 Å². The van der Waals surface area contributed by atoms with Crippen LogP contribution in [0.5, 0.6) is 0 Å². The van der Waals surface area contributed by atoms with Crippen LogP contribution in [0.15, 0.2) is 24.8 Å². The zero-order chi connectivity index (χ0) is 8.15. The van der Waals surface area contributed by atoms with Gasteiger partial charge >= 0.3 is 5.97 Å². The maximum absolute atomic E-state index is 10.3. The van der Waals surface area contributed by atoms with Crippen LogP contribution in [0.3, 0.4) is 0 Å². The van der Waals surface area contributed by atoms with E-state index in [-0.39, 0.29) is 11.5 Å². The second kappa shape index (κ2) is 3.88. The second-order valence-corrected chi connectivity index (χ2v) is 2.08. The first-order valence-electron chi connectivity index (χ1n) is 3.18. The van der Waals surface area contributed by atoms with Gasteiger partial charge in [0.1, 0.15) is 0 Å². The Morgan fingerprint density at radius 2 is 2.30 bits per heavy atom. The number of allylic oxidation sites excluding steroid dienone is 1. The lowest BCUT2D eigenvalue weighted by atomic mass is 9.98. The van der Waals surface area contributed by atoms with Crippen molar-refractivity contribution in [3.8, 4) is 0 Å².